The Balaban J connectivity index is 1.50. The fraction of sp³-hybridized carbons (Fsp3) is 0.474. The second-order valence-electron chi connectivity index (χ2n) is 6.89. The zero-order valence-electron chi connectivity index (χ0n) is 14.8. The van der Waals surface area contributed by atoms with Crippen molar-refractivity contribution in [3.05, 3.63) is 53.6 Å². The second kappa shape index (κ2) is 6.61. The summed E-state index contributed by atoms with van der Waals surface area (Å²) in [6.45, 7) is 5.93. The molecule has 0 bridgehead atoms. The maximum absolute atomic E-state index is 13.2. The Bertz CT molecular complexity index is 756. The Labute approximate surface area is 148 Å². The van der Waals surface area contributed by atoms with E-state index in [2.05, 4.69) is 51.3 Å². The SMILES string of the molecule is CCC1c2ccc(C)n2CCN1C(=O)C1CC(c2ccccn2)NN1. The van der Waals surface area contributed by atoms with E-state index in [1.807, 2.05) is 18.2 Å². The summed E-state index contributed by atoms with van der Waals surface area (Å²) in [6, 6.07) is 10.2. The third-order valence-corrected chi connectivity index (χ3v) is 5.43. The number of carbonyl (C=O) groups is 1. The lowest BCUT2D eigenvalue weighted by atomic mass is 10.0. The van der Waals surface area contributed by atoms with Crippen LogP contribution < -0.4 is 10.9 Å². The number of carbonyl (C=O) groups excluding carboxylic acids is 1. The summed E-state index contributed by atoms with van der Waals surface area (Å²) in [5, 5.41) is 0. The molecule has 3 unspecified atom stereocenters. The van der Waals surface area contributed by atoms with Crippen LogP contribution in [0.2, 0.25) is 0 Å². The topological polar surface area (TPSA) is 62.2 Å². The van der Waals surface area contributed by atoms with E-state index in [9.17, 15) is 4.79 Å². The molecule has 25 heavy (non-hydrogen) atoms. The lowest BCUT2D eigenvalue weighted by molar-refractivity contribution is -0.137. The van der Waals surface area contributed by atoms with E-state index >= 15 is 0 Å². The summed E-state index contributed by atoms with van der Waals surface area (Å²) in [5.74, 6) is 0.183. The molecule has 4 heterocycles. The van der Waals surface area contributed by atoms with Crippen LogP contribution in [-0.4, -0.2) is 32.9 Å². The van der Waals surface area contributed by atoms with Crippen molar-refractivity contribution in [3.63, 3.8) is 0 Å². The normalized spacial score (nSPS) is 25.8. The van der Waals surface area contributed by atoms with Crippen molar-refractivity contribution in [2.75, 3.05) is 6.54 Å². The van der Waals surface area contributed by atoms with E-state index < -0.39 is 0 Å². The zero-order chi connectivity index (χ0) is 17.4. The number of amides is 1. The van der Waals surface area contributed by atoms with Gasteiger partial charge in [0.2, 0.25) is 5.91 Å². The maximum Gasteiger partial charge on any atom is 0.241 e. The monoisotopic (exact) mass is 339 g/mol. The molecule has 6 heteroatoms. The molecule has 1 saturated heterocycles. The standard InChI is InChI=1S/C19H25N5O/c1-3-17-18-8-7-13(2)23(18)10-11-24(17)19(25)16-12-15(21-22-16)14-6-4-5-9-20-14/h4-9,15-17,21-22H,3,10-12H2,1-2H3. The highest BCUT2D eigenvalue weighted by molar-refractivity contribution is 5.82. The molecule has 0 saturated carbocycles. The van der Waals surface area contributed by atoms with Gasteiger partial charge in [0.1, 0.15) is 6.04 Å². The van der Waals surface area contributed by atoms with Crippen molar-refractivity contribution < 1.29 is 4.79 Å². The van der Waals surface area contributed by atoms with Gasteiger partial charge in [-0.2, -0.15) is 0 Å². The molecule has 1 fully saturated rings. The molecule has 3 atom stereocenters. The third-order valence-electron chi connectivity index (χ3n) is 5.43. The minimum Gasteiger partial charge on any atom is -0.345 e. The Hall–Kier alpha value is -2.18. The molecule has 2 aliphatic heterocycles. The highest BCUT2D eigenvalue weighted by atomic mass is 16.2. The Morgan fingerprint density at radius 2 is 2.12 bits per heavy atom. The van der Waals surface area contributed by atoms with Gasteiger partial charge in [0.05, 0.1) is 17.8 Å². The van der Waals surface area contributed by atoms with E-state index in [4.69, 9.17) is 0 Å². The van der Waals surface area contributed by atoms with Crippen molar-refractivity contribution in [2.45, 2.75) is 51.4 Å². The summed E-state index contributed by atoms with van der Waals surface area (Å²) in [7, 11) is 0. The predicted molar refractivity (Wildman–Crippen MR) is 95.6 cm³/mol. The first-order valence-corrected chi connectivity index (χ1v) is 9.07. The molecule has 0 aliphatic carbocycles. The number of hydrazine groups is 1. The number of pyridine rings is 1. The minimum absolute atomic E-state index is 0.0751. The number of aryl methyl sites for hydroxylation is 1. The van der Waals surface area contributed by atoms with Crippen LogP contribution in [-0.2, 0) is 11.3 Å². The molecule has 2 aliphatic rings. The summed E-state index contributed by atoms with van der Waals surface area (Å²) in [4.78, 5) is 19.6. The van der Waals surface area contributed by atoms with E-state index in [0.717, 1.165) is 31.6 Å². The van der Waals surface area contributed by atoms with Crippen LogP contribution in [0.15, 0.2) is 36.5 Å². The average molecular weight is 339 g/mol. The Kier molecular flexibility index (Phi) is 4.31. The zero-order valence-corrected chi connectivity index (χ0v) is 14.8. The quantitative estimate of drug-likeness (QED) is 0.899. The smallest absolute Gasteiger partial charge is 0.241 e. The van der Waals surface area contributed by atoms with Crippen LogP contribution in [0.1, 0.15) is 48.9 Å². The van der Waals surface area contributed by atoms with Gasteiger partial charge in [-0.15, -0.1) is 0 Å². The molecule has 0 spiro atoms. The fourth-order valence-electron chi connectivity index (χ4n) is 4.10. The minimum atomic E-state index is -0.205. The lowest BCUT2D eigenvalue weighted by Gasteiger charge is -2.38. The number of hydrogen-bond donors (Lipinski definition) is 2. The van der Waals surface area contributed by atoms with Gasteiger partial charge >= 0.3 is 0 Å². The van der Waals surface area contributed by atoms with Gasteiger partial charge in [-0.05, 0) is 44.0 Å². The second-order valence-corrected chi connectivity index (χ2v) is 6.89. The summed E-state index contributed by atoms with van der Waals surface area (Å²) in [5.41, 5.74) is 9.93. The summed E-state index contributed by atoms with van der Waals surface area (Å²) >= 11 is 0. The van der Waals surface area contributed by atoms with Crippen LogP contribution in [0.3, 0.4) is 0 Å². The van der Waals surface area contributed by atoms with Gasteiger partial charge in [-0.3, -0.25) is 9.78 Å². The van der Waals surface area contributed by atoms with Crippen molar-refractivity contribution in [1.29, 1.82) is 0 Å². The van der Waals surface area contributed by atoms with E-state index in [0.29, 0.717) is 0 Å². The molecular formula is C19H25N5O. The van der Waals surface area contributed by atoms with Gasteiger partial charge in [0.25, 0.3) is 0 Å². The molecule has 132 valence electrons. The van der Waals surface area contributed by atoms with Crippen molar-refractivity contribution in [1.82, 2.24) is 25.3 Å². The number of aromatic nitrogens is 2. The Morgan fingerprint density at radius 3 is 2.88 bits per heavy atom. The first kappa shape index (κ1) is 16.3. The van der Waals surface area contributed by atoms with Gasteiger partial charge in [-0.1, -0.05) is 13.0 Å². The third kappa shape index (κ3) is 2.85. The molecule has 1 amide bonds. The molecule has 0 aromatic carbocycles. The number of fused-ring (bicyclic) bond motifs is 1. The van der Waals surface area contributed by atoms with Crippen LogP contribution in [0.25, 0.3) is 0 Å². The molecule has 4 rings (SSSR count). The molecule has 2 aromatic rings. The molecule has 2 N–H and O–H groups in total. The van der Waals surface area contributed by atoms with Gasteiger partial charge in [-0.25, -0.2) is 10.9 Å². The molecule has 0 radical (unpaired) electrons. The first-order chi connectivity index (χ1) is 12.2. The fourth-order valence-corrected chi connectivity index (χ4v) is 4.10. The maximum atomic E-state index is 13.2. The van der Waals surface area contributed by atoms with E-state index in [-0.39, 0.29) is 24.0 Å². The molecule has 6 nitrogen and oxygen atoms in total. The summed E-state index contributed by atoms with van der Waals surface area (Å²) in [6.07, 6.45) is 3.45. The first-order valence-electron chi connectivity index (χ1n) is 9.07. The summed E-state index contributed by atoms with van der Waals surface area (Å²) < 4.78 is 2.34. The van der Waals surface area contributed by atoms with E-state index in [1.54, 1.807) is 6.20 Å². The van der Waals surface area contributed by atoms with Crippen molar-refractivity contribution >= 4 is 5.91 Å². The molecular weight excluding hydrogens is 314 g/mol. The van der Waals surface area contributed by atoms with Gasteiger partial charge < -0.3 is 9.47 Å². The van der Waals surface area contributed by atoms with E-state index in [1.165, 1.54) is 11.4 Å². The number of nitrogens with one attached hydrogen (secondary N) is 2. The number of nitrogens with zero attached hydrogens (tertiary/aromatic N) is 3. The van der Waals surface area contributed by atoms with Crippen molar-refractivity contribution in [3.8, 4) is 0 Å². The number of rotatable bonds is 3. The van der Waals surface area contributed by atoms with Crippen molar-refractivity contribution in [2.24, 2.45) is 0 Å². The molecule has 2 aromatic heterocycles. The number of hydrogen-bond acceptors (Lipinski definition) is 4. The van der Waals surface area contributed by atoms with Crippen LogP contribution in [0.5, 0.6) is 0 Å². The highest BCUT2D eigenvalue weighted by Gasteiger charge is 2.38. The van der Waals surface area contributed by atoms with Crippen LogP contribution in [0.4, 0.5) is 0 Å². The van der Waals surface area contributed by atoms with Crippen LogP contribution >= 0.6 is 0 Å². The highest BCUT2D eigenvalue weighted by Crippen LogP contribution is 2.32. The van der Waals surface area contributed by atoms with Crippen LogP contribution in [0, 0.1) is 6.92 Å². The lowest BCUT2D eigenvalue weighted by Crippen LogP contribution is -2.50. The largest absolute Gasteiger partial charge is 0.345 e. The average Bonchev–Trinajstić information content (AvgIpc) is 3.29. The predicted octanol–water partition coefficient (Wildman–Crippen LogP) is 2.09. The Morgan fingerprint density at radius 1 is 1.24 bits per heavy atom. The van der Waals surface area contributed by atoms with Gasteiger partial charge in [0, 0.05) is 30.7 Å². The van der Waals surface area contributed by atoms with Gasteiger partial charge in [0.15, 0.2) is 0 Å².